The van der Waals surface area contributed by atoms with Crippen LogP contribution < -0.4 is 0 Å². The van der Waals surface area contributed by atoms with E-state index >= 15 is 0 Å². The van der Waals surface area contributed by atoms with Crippen LogP contribution in [0.4, 0.5) is 0 Å². The van der Waals surface area contributed by atoms with Gasteiger partial charge in [0.15, 0.2) is 5.79 Å². The molecule has 0 aromatic rings. The monoisotopic (exact) mass is 714 g/mol. The second kappa shape index (κ2) is 13.8. The first-order valence-electron chi connectivity index (χ1n) is 20.0. The summed E-state index contributed by atoms with van der Waals surface area (Å²) < 4.78 is 53.9. The van der Waals surface area contributed by atoms with E-state index in [1.807, 2.05) is 0 Å². The van der Waals surface area contributed by atoms with Gasteiger partial charge in [-0.25, -0.2) is 0 Å². The Morgan fingerprint density at radius 1 is 0.745 bits per heavy atom. The van der Waals surface area contributed by atoms with Gasteiger partial charge in [-0.2, -0.15) is 0 Å². The minimum Gasteiger partial charge on any atom is -0.394 e. The van der Waals surface area contributed by atoms with Gasteiger partial charge in [0.2, 0.25) is 0 Å². The lowest BCUT2D eigenvalue weighted by molar-refractivity contribution is -0.292. The molecule has 0 aromatic carbocycles. The molecule has 10 saturated heterocycles. The predicted octanol–water partition coefficient (Wildman–Crippen LogP) is 4.09. The minimum atomic E-state index is -0.872. The number of fused-ring (bicyclic) bond motifs is 6. The second-order valence-electron chi connectivity index (χ2n) is 17.5. The van der Waals surface area contributed by atoms with E-state index in [-0.39, 0.29) is 110 Å². The minimum absolute atomic E-state index is 0.00894. The summed E-state index contributed by atoms with van der Waals surface area (Å²) in [5, 5.41) is 20.0. The van der Waals surface area contributed by atoms with Crippen LogP contribution in [0.5, 0.6) is 0 Å². The van der Waals surface area contributed by atoms with Crippen LogP contribution in [0, 0.1) is 17.8 Å². The molecule has 7 unspecified atom stereocenters. The van der Waals surface area contributed by atoms with E-state index in [0.29, 0.717) is 44.4 Å². The number of Topliss-reactive ketones (excluding diaryl/α,β-unsaturated/α-hetero) is 1. The van der Waals surface area contributed by atoms with Crippen molar-refractivity contribution in [2.45, 2.75) is 195 Å². The molecule has 0 aromatic heterocycles. The van der Waals surface area contributed by atoms with E-state index in [1.165, 1.54) is 0 Å². The molecule has 19 atom stereocenters. The van der Waals surface area contributed by atoms with Crippen molar-refractivity contribution in [1.82, 2.24) is 0 Å². The van der Waals surface area contributed by atoms with E-state index < -0.39 is 11.9 Å². The van der Waals surface area contributed by atoms with Crippen molar-refractivity contribution >= 4 is 5.78 Å². The zero-order valence-corrected chi connectivity index (χ0v) is 30.3. The molecule has 11 heteroatoms. The third kappa shape index (κ3) is 6.53. The van der Waals surface area contributed by atoms with Crippen LogP contribution in [0.25, 0.3) is 0 Å². The van der Waals surface area contributed by atoms with E-state index in [9.17, 15) is 15.0 Å². The molecule has 10 aliphatic heterocycles. The van der Waals surface area contributed by atoms with E-state index in [0.717, 1.165) is 56.1 Å². The zero-order chi connectivity index (χ0) is 35.2. The first-order valence-corrected chi connectivity index (χ1v) is 20.0. The van der Waals surface area contributed by atoms with Crippen molar-refractivity contribution < 1.29 is 52.9 Å². The van der Waals surface area contributed by atoms with Crippen LogP contribution in [0.2, 0.25) is 0 Å². The van der Waals surface area contributed by atoms with Gasteiger partial charge in [-0.15, -0.1) is 0 Å². The molecule has 11 nitrogen and oxygen atoms in total. The Bertz CT molecular complexity index is 1360. The Morgan fingerprint density at radius 2 is 1.49 bits per heavy atom. The fourth-order valence-electron chi connectivity index (χ4n) is 11.3. The maximum absolute atomic E-state index is 14.0. The van der Waals surface area contributed by atoms with Crippen LogP contribution in [-0.2, 0) is 42.7 Å². The maximum atomic E-state index is 14.0. The van der Waals surface area contributed by atoms with E-state index in [4.69, 9.17) is 37.9 Å². The molecule has 10 fully saturated rings. The number of ketones is 1. The highest BCUT2D eigenvalue weighted by Gasteiger charge is 2.68. The average molecular weight is 715 g/mol. The molecular weight excluding hydrogens is 656 g/mol. The first-order chi connectivity index (χ1) is 24.6. The Balaban J connectivity index is 0.986. The number of carbonyl (C=O) groups is 1. The van der Waals surface area contributed by atoms with Crippen molar-refractivity contribution in [2.24, 2.45) is 17.8 Å². The SMILES string of the molecule is C=C1CC2CC[C@@]34C[C@@H]5O[C@H]6[C@@H](O3)C3OC(CCC3O[C@H]6C5O4)CC(=O)C[C@@H]3[C@@H](C)[C@@H](C[C@H](O)CO)O[C@H]3CC3O[C@@H](CCC1O2)C[C@@H](C)C3=C. The third-order valence-corrected chi connectivity index (χ3v) is 14.1. The lowest BCUT2D eigenvalue weighted by Gasteiger charge is -2.47. The van der Waals surface area contributed by atoms with Gasteiger partial charge in [-0.1, -0.05) is 27.0 Å². The third-order valence-electron chi connectivity index (χ3n) is 14.1. The van der Waals surface area contributed by atoms with Crippen LogP contribution in [-0.4, -0.2) is 120 Å². The molecule has 0 aliphatic carbocycles. The number of carbonyl (C=O) groups excluding carboxylic acids is 1. The fourth-order valence-corrected chi connectivity index (χ4v) is 11.3. The second-order valence-corrected chi connectivity index (χ2v) is 17.5. The van der Waals surface area contributed by atoms with Gasteiger partial charge in [0.25, 0.3) is 0 Å². The summed E-state index contributed by atoms with van der Waals surface area (Å²) in [6, 6.07) is 0. The summed E-state index contributed by atoms with van der Waals surface area (Å²) in [6.07, 6.45) is 5.65. The number of rotatable bonds is 3. The fraction of sp³-hybridized carbons (Fsp3) is 0.875. The molecule has 0 radical (unpaired) electrons. The van der Waals surface area contributed by atoms with E-state index in [2.05, 4.69) is 27.0 Å². The molecule has 10 rings (SSSR count). The smallest absolute Gasteiger partial charge is 0.172 e. The first kappa shape index (κ1) is 35.5. The molecule has 51 heavy (non-hydrogen) atoms. The number of aliphatic hydroxyl groups excluding tert-OH is 2. The summed E-state index contributed by atoms with van der Waals surface area (Å²) in [6.45, 7) is 12.9. The van der Waals surface area contributed by atoms with Gasteiger partial charge in [0, 0.05) is 38.5 Å². The molecule has 0 amide bonds. The lowest BCUT2D eigenvalue weighted by atomic mass is 9.79. The summed E-state index contributed by atoms with van der Waals surface area (Å²) in [5.74, 6) is -0.367. The maximum Gasteiger partial charge on any atom is 0.172 e. The Kier molecular flexibility index (Phi) is 9.59. The van der Waals surface area contributed by atoms with Crippen molar-refractivity contribution in [3.05, 3.63) is 24.3 Å². The number of aliphatic hydroxyl groups is 2. The topological polar surface area (TPSA) is 131 Å². The van der Waals surface area contributed by atoms with E-state index in [1.54, 1.807) is 0 Å². The highest BCUT2D eigenvalue weighted by molar-refractivity contribution is 5.79. The van der Waals surface area contributed by atoms with Gasteiger partial charge >= 0.3 is 0 Å². The predicted molar refractivity (Wildman–Crippen MR) is 183 cm³/mol. The molecule has 12 bridgehead atoms. The summed E-state index contributed by atoms with van der Waals surface area (Å²) >= 11 is 0. The van der Waals surface area contributed by atoms with Crippen molar-refractivity contribution in [3.8, 4) is 0 Å². The Hall–Kier alpha value is -1.25. The highest BCUT2D eigenvalue weighted by atomic mass is 16.8. The molecule has 10 heterocycles. The van der Waals surface area contributed by atoms with Crippen LogP contribution >= 0.6 is 0 Å². The molecular formula is C40H58O11. The standard InChI is InChI=1S/C40H58O11/c1-19-11-25-5-7-29-20(2)12-27(44-29)9-10-40-17-34-36(50-40)37-38(49-34)39(51-40)35-30(48-37)8-6-26(46-35)13-23(42)14-28-22(4)31(15-24(43)18-41)47-33(28)16-32(45-25)21(19)3/h19,22,24-39,41,43H,2-3,5-18H2,1,4H3/t19-,22-,24+,25+,26?,27?,28-,29?,30?,31-,32?,33+,34+,35?,36?,37+,38-,39+,40+/m1/s1. The van der Waals surface area contributed by atoms with Gasteiger partial charge in [-0.3, -0.25) is 4.79 Å². The molecule has 1 spiro atoms. The highest BCUT2D eigenvalue weighted by Crippen LogP contribution is 2.54. The van der Waals surface area contributed by atoms with Gasteiger partial charge < -0.3 is 48.1 Å². The van der Waals surface area contributed by atoms with Crippen molar-refractivity contribution in [1.29, 1.82) is 0 Å². The van der Waals surface area contributed by atoms with Crippen LogP contribution in [0.3, 0.4) is 0 Å². The van der Waals surface area contributed by atoms with Gasteiger partial charge in [0.05, 0.1) is 67.6 Å². The van der Waals surface area contributed by atoms with Crippen molar-refractivity contribution in [3.63, 3.8) is 0 Å². The molecule has 0 saturated carbocycles. The molecule has 284 valence electrons. The molecule has 2 N–H and O–H groups in total. The average Bonchev–Trinajstić information content (AvgIpc) is 3.77. The van der Waals surface area contributed by atoms with Crippen molar-refractivity contribution in [2.75, 3.05) is 6.61 Å². The molecule has 10 aliphatic rings. The largest absolute Gasteiger partial charge is 0.394 e. The Morgan fingerprint density at radius 3 is 2.33 bits per heavy atom. The normalized spacial score (nSPS) is 53.2. The summed E-state index contributed by atoms with van der Waals surface area (Å²) in [7, 11) is 0. The zero-order valence-electron chi connectivity index (χ0n) is 30.3. The van der Waals surface area contributed by atoms with Gasteiger partial charge in [-0.05, 0) is 73.8 Å². The summed E-state index contributed by atoms with van der Waals surface area (Å²) in [5.41, 5.74) is 2.22. The van der Waals surface area contributed by atoms with Crippen LogP contribution in [0.15, 0.2) is 24.3 Å². The van der Waals surface area contributed by atoms with Gasteiger partial charge in [0.1, 0.15) is 36.3 Å². The number of ether oxygens (including phenoxy) is 8. The lowest BCUT2D eigenvalue weighted by Crippen LogP contribution is -2.61. The Labute approximate surface area is 301 Å². The quantitative estimate of drug-likeness (QED) is 0.410. The summed E-state index contributed by atoms with van der Waals surface area (Å²) in [4.78, 5) is 14.0. The van der Waals surface area contributed by atoms with Crippen LogP contribution in [0.1, 0.15) is 97.3 Å². The number of hydrogen-bond acceptors (Lipinski definition) is 11. The number of hydrogen-bond donors (Lipinski definition) is 2.